The number of nitriles is 1. The number of aromatic nitrogens is 2. The smallest absolute Gasteiger partial charge is 0.263 e. The first-order valence-corrected chi connectivity index (χ1v) is 5.12. The SMILES string of the molecule is N#CCn1c(Cl)nc2c(Cl)cccc2c1=O. The lowest BCUT2D eigenvalue weighted by Crippen LogP contribution is -2.21. The number of rotatable bonds is 1. The van der Waals surface area contributed by atoms with Crippen molar-refractivity contribution in [3.63, 3.8) is 0 Å². The van der Waals surface area contributed by atoms with Gasteiger partial charge in [0.25, 0.3) is 5.56 Å². The largest absolute Gasteiger partial charge is 0.269 e. The maximum atomic E-state index is 11.9. The highest BCUT2D eigenvalue weighted by Gasteiger charge is 2.10. The molecule has 1 aromatic heterocycles. The molecule has 2 aromatic rings. The van der Waals surface area contributed by atoms with E-state index in [4.69, 9.17) is 28.5 Å². The number of benzene rings is 1. The van der Waals surface area contributed by atoms with Crippen LogP contribution in [0.3, 0.4) is 0 Å². The van der Waals surface area contributed by atoms with Gasteiger partial charge in [0.1, 0.15) is 6.54 Å². The Morgan fingerprint density at radius 3 is 2.88 bits per heavy atom. The second-order valence-electron chi connectivity index (χ2n) is 3.07. The summed E-state index contributed by atoms with van der Waals surface area (Å²) in [5, 5.41) is 9.25. The molecule has 1 heterocycles. The van der Waals surface area contributed by atoms with Crippen molar-refractivity contribution in [1.82, 2.24) is 9.55 Å². The fraction of sp³-hybridized carbons (Fsp3) is 0.100. The van der Waals surface area contributed by atoms with Crippen LogP contribution in [-0.2, 0) is 6.54 Å². The average molecular weight is 254 g/mol. The summed E-state index contributed by atoms with van der Waals surface area (Å²) < 4.78 is 1.10. The predicted octanol–water partition coefficient (Wildman–Crippen LogP) is 2.23. The van der Waals surface area contributed by atoms with Crippen molar-refractivity contribution in [3.05, 3.63) is 38.9 Å². The lowest BCUT2D eigenvalue weighted by atomic mass is 10.2. The van der Waals surface area contributed by atoms with E-state index in [2.05, 4.69) is 4.98 Å². The highest BCUT2D eigenvalue weighted by molar-refractivity contribution is 6.35. The van der Waals surface area contributed by atoms with Crippen molar-refractivity contribution in [3.8, 4) is 6.07 Å². The molecule has 0 aliphatic heterocycles. The van der Waals surface area contributed by atoms with Crippen molar-refractivity contribution in [2.24, 2.45) is 0 Å². The zero-order valence-corrected chi connectivity index (χ0v) is 9.46. The lowest BCUT2D eigenvalue weighted by Gasteiger charge is -2.05. The van der Waals surface area contributed by atoms with Crippen LogP contribution >= 0.6 is 23.2 Å². The van der Waals surface area contributed by atoms with E-state index in [1.165, 1.54) is 0 Å². The van der Waals surface area contributed by atoms with Crippen LogP contribution in [0.2, 0.25) is 10.3 Å². The molecule has 2 rings (SSSR count). The van der Waals surface area contributed by atoms with Crippen LogP contribution in [0.15, 0.2) is 23.0 Å². The molecule has 1 aromatic carbocycles. The van der Waals surface area contributed by atoms with Gasteiger partial charge in [-0.1, -0.05) is 17.7 Å². The Bertz CT molecular complexity index is 657. The van der Waals surface area contributed by atoms with Gasteiger partial charge in [-0.3, -0.25) is 9.36 Å². The number of hydrogen-bond acceptors (Lipinski definition) is 3. The highest BCUT2D eigenvalue weighted by atomic mass is 35.5. The van der Waals surface area contributed by atoms with Crippen LogP contribution < -0.4 is 5.56 Å². The van der Waals surface area contributed by atoms with E-state index < -0.39 is 0 Å². The number of nitrogens with zero attached hydrogens (tertiary/aromatic N) is 3. The van der Waals surface area contributed by atoms with E-state index in [0.29, 0.717) is 15.9 Å². The maximum absolute atomic E-state index is 11.9. The van der Waals surface area contributed by atoms with Gasteiger partial charge < -0.3 is 0 Å². The molecule has 4 nitrogen and oxygen atoms in total. The summed E-state index contributed by atoms with van der Waals surface area (Å²) in [6.45, 7) is -0.132. The Morgan fingerprint density at radius 2 is 2.19 bits per heavy atom. The molecule has 0 fully saturated rings. The van der Waals surface area contributed by atoms with Gasteiger partial charge in [-0.05, 0) is 23.7 Å². The van der Waals surface area contributed by atoms with Gasteiger partial charge in [0.05, 0.1) is 22.0 Å². The first kappa shape index (κ1) is 10.9. The quantitative estimate of drug-likeness (QED) is 0.733. The molecule has 0 unspecified atom stereocenters. The van der Waals surface area contributed by atoms with Gasteiger partial charge in [0, 0.05) is 0 Å². The Kier molecular flexibility index (Phi) is 2.82. The van der Waals surface area contributed by atoms with Gasteiger partial charge in [0.2, 0.25) is 5.28 Å². The van der Waals surface area contributed by atoms with Gasteiger partial charge in [-0.2, -0.15) is 5.26 Å². The number of halogens is 2. The summed E-state index contributed by atoms with van der Waals surface area (Å²) in [6, 6.07) is 6.73. The van der Waals surface area contributed by atoms with Gasteiger partial charge in [-0.25, -0.2) is 4.98 Å². The van der Waals surface area contributed by atoms with Crippen molar-refractivity contribution in [1.29, 1.82) is 5.26 Å². The standard InChI is InChI=1S/C10H5Cl2N3O/c11-7-3-1-2-6-8(7)14-10(12)15(5-4-13)9(6)16/h1-3H,5H2. The molecule has 0 aliphatic carbocycles. The Hall–Kier alpha value is -1.57. The molecule has 16 heavy (non-hydrogen) atoms. The number of hydrogen-bond donors (Lipinski definition) is 0. The van der Waals surface area contributed by atoms with E-state index >= 15 is 0 Å². The normalized spacial score (nSPS) is 10.3. The molecular weight excluding hydrogens is 249 g/mol. The molecule has 0 aliphatic rings. The third-order valence-corrected chi connectivity index (χ3v) is 2.71. The van der Waals surface area contributed by atoms with Crippen LogP contribution in [-0.4, -0.2) is 9.55 Å². The Labute approximate surface area is 101 Å². The van der Waals surface area contributed by atoms with Crippen LogP contribution in [0, 0.1) is 11.3 Å². The second kappa shape index (κ2) is 4.12. The summed E-state index contributed by atoms with van der Waals surface area (Å²) >= 11 is 11.7. The third-order valence-electron chi connectivity index (χ3n) is 2.12. The predicted molar refractivity (Wildman–Crippen MR) is 61.6 cm³/mol. The molecule has 0 saturated heterocycles. The maximum Gasteiger partial charge on any atom is 0.263 e. The van der Waals surface area contributed by atoms with E-state index in [9.17, 15) is 4.79 Å². The number of para-hydroxylation sites is 1. The molecule has 0 bridgehead atoms. The van der Waals surface area contributed by atoms with Gasteiger partial charge >= 0.3 is 0 Å². The summed E-state index contributed by atoms with van der Waals surface area (Å²) in [7, 11) is 0. The Balaban J connectivity index is 2.91. The van der Waals surface area contributed by atoms with Crippen LogP contribution in [0.4, 0.5) is 0 Å². The summed E-state index contributed by atoms with van der Waals surface area (Å²) in [6.07, 6.45) is 0. The zero-order valence-electron chi connectivity index (χ0n) is 7.94. The van der Waals surface area contributed by atoms with Gasteiger partial charge in [0.15, 0.2) is 0 Å². The number of fused-ring (bicyclic) bond motifs is 1. The van der Waals surface area contributed by atoms with Crippen molar-refractivity contribution >= 4 is 34.1 Å². The topological polar surface area (TPSA) is 58.7 Å². The van der Waals surface area contributed by atoms with Crippen LogP contribution in [0.1, 0.15) is 0 Å². The fourth-order valence-corrected chi connectivity index (χ4v) is 1.83. The molecule has 0 N–H and O–H groups in total. The van der Waals surface area contributed by atoms with Crippen molar-refractivity contribution < 1.29 is 0 Å². The fourth-order valence-electron chi connectivity index (χ4n) is 1.39. The van der Waals surface area contributed by atoms with Crippen molar-refractivity contribution in [2.75, 3.05) is 0 Å². The molecule has 80 valence electrons. The monoisotopic (exact) mass is 253 g/mol. The molecule has 0 amide bonds. The average Bonchev–Trinajstić information content (AvgIpc) is 2.26. The lowest BCUT2D eigenvalue weighted by molar-refractivity contribution is 0.777. The molecule has 0 spiro atoms. The van der Waals surface area contributed by atoms with E-state index in [1.54, 1.807) is 18.2 Å². The summed E-state index contributed by atoms with van der Waals surface area (Å²) in [5.74, 6) is 0. The molecule has 6 heteroatoms. The van der Waals surface area contributed by atoms with E-state index in [-0.39, 0.29) is 17.4 Å². The van der Waals surface area contributed by atoms with Gasteiger partial charge in [-0.15, -0.1) is 0 Å². The second-order valence-corrected chi connectivity index (χ2v) is 3.81. The molecule has 0 saturated carbocycles. The van der Waals surface area contributed by atoms with E-state index in [1.807, 2.05) is 6.07 Å². The third kappa shape index (κ3) is 1.64. The first-order chi connectivity index (χ1) is 7.65. The minimum Gasteiger partial charge on any atom is -0.269 e. The molecule has 0 radical (unpaired) electrons. The highest BCUT2D eigenvalue weighted by Crippen LogP contribution is 2.20. The minimum absolute atomic E-state index is 0.0350. The van der Waals surface area contributed by atoms with Crippen LogP contribution in [0.5, 0.6) is 0 Å². The van der Waals surface area contributed by atoms with Crippen molar-refractivity contribution in [2.45, 2.75) is 6.54 Å². The zero-order chi connectivity index (χ0) is 11.7. The first-order valence-electron chi connectivity index (χ1n) is 4.36. The minimum atomic E-state index is -0.362. The summed E-state index contributed by atoms with van der Waals surface area (Å²) in [4.78, 5) is 15.9. The molecular formula is C10H5Cl2N3O. The molecule has 0 atom stereocenters. The summed E-state index contributed by atoms with van der Waals surface area (Å²) in [5.41, 5.74) is -0.00703. The van der Waals surface area contributed by atoms with E-state index in [0.717, 1.165) is 4.57 Å². The van der Waals surface area contributed by atoms with Crippen LogP contribution in [0.25, 0.3) is 10.9 Å². The Morgan fingerprint density at radius 1 is 1.44 bits per heavy atom.